The van der Waals surface area contributed by atoms with E-state index in [0.29, 0.717) is 37.2 Å². The lowest BCUT2D eigenvalue weighted by atomic mass is 10.0. The Labute approximate surface area is 158 Å². The first kappa shape index (κ1) is 18.1. The largest absolute Gasteiger partial charge is 0.322 e. The molecule has 3 heterocycles. The quantitative estimate of drug-likeness (QED) is 0.663. The van der Waals surface area contributed by atoms with Gasteiger partial charge in [0.05, 0.1) is 0 Å². The molecule has 3 aliphatic rings. The molecule has 0 aliphatic carbocycles. The lowest BCUT2D eigenvalue weighted by Crippen LogP contribution is -2.52. The Hall–Kier alpha value is -2.25. The van der Waals surface area contributed by atoms with Gasteiger partial charge < -0.3 is 15.5 Å². The van der Waals surface area contributed by atoms with Crippen LogP contribution in [0.1, 0.15) is 54.1 Å². The number of benzene rings is 1. The molecule has 3 atom stereocenters. The van der Waals surface area contributed by atoms with Crippen molar-refractivity contribution >= 4 is 17.7 Å². The number of hydrogen-bond acceptors (Lipinski definition) is 5. The molecule has 0 aromatic heterocycles. The first-order chi connectivity index (χ1) is 13.0. The maximum absolute atomic E-state index is 12.9. The van der Waals surface area contributed by atoms with Crippen LogP contribution in [0.25, 0.3) is 0 Å². The monoisotopic (exact) mass is 370 g/mol. The Morgan fingerprint density at radius 2 is 2.11 bits per heavy atom. The van der Waals surface area contributed by atoms with E-state index in [1.165, 1.54) is 12.8 Å². The Bertz CT molecular complexity index is 772. The highest BCUT2D eigenvalue weighted by Crippen LogP contribution is 2.28. The highest BCUT2D eigenvalue weighted by molar-refractivity contribution is 6.05. The van der Waals surface area contributed by atoms with E-state index in [1.54, 1.807) is 4.90 Å². The molecule has 2 fully saturated rings. The fraction of sp³-hybridized carbons (Fsp3) is 0.550. The molecule has 4 rings (SSSR count). The fourth-order valence-corrected chi connectivity index (χ4v) is 4.27. The van der Waals surface area contributed by atoms with Gasteiger partial charge in [-0.15, -0.1) is 0 Å². The van der Waals surface area contributed by atoms with Gasteiger partial charge in [-0.2, -0.15) is 0 Å². The first-order valence-corrected chi connectivity index (χ1v) is 9.76. The summed E-state index contributed by atoms with van der Waals surface area (Å²) in [7, 11) is 0. The lowest BCUT2D eigenvalue weighted by molar-refractivity contribution is -0.136. The zero-order chi connectivity index (χ0) is 19.0. The van der Waals surface area contributed by atoms with Gasteiger partial charge in [0.25, 0.3) is 5.91 Å². The summed E-state index contributed by atoms with van der Waals surface area (Å²) in [6, 6.07) is 6.28. The maximum atomic E-state index is 12.9. The number of imide groups is 1. The predicted molar refractivity (Wildman–Crippen MR) is 99.8 cm³/mol. The summed E-state index contributed by atoms with van der Waals surface area (Å²) in [5.41, 5.74) is 2.68. The van der Waals surface area contributed by atoms with E-state index in [0.717, 1.165) is 17.7 Å². The number of fused-ring (bicyclic) bond motifs is 1. The minimum atomic E-state index is -0.558. The summed E-state index contributed by atoms with van der Waals surface area (Å²) in [5, 5.41) is 9.39. The number of amides is 3. The number of piperidine rings is 1. The van der Waals surface area contributed by atoms with Crippen LogP contribution in [-0.4, -0.2) is 47.3 Å². The van der Waals surface area contributed by atoms with Crippen LogP contribution in [-0.2, 0) is 22.7 Å². The molecule has 0 spiro atoms. The number of hydrogen-bond donors (Lipinski definition) is 3. The number of nitrogens with zero attached hydrogens (tertiary/aromatic N) is 1. The summed E-state index contributed by atoms with van der Waals surface area (Å²) in [5.74, 6) is -0.751. The van der Waals surface area contributed by atoms with E-state index in [9.17, 15) is 14.4 Å². The normalized spacial score (nSPS) is 26.3. The third kappa shape index (κ3) is 3.61. The van der Waals surface area contributed by atoms with Crippen molar-refractivity contribution in [1.29, 1.82) is 0 Å². The number of rotatable bonds is 5. The second-order valence-corrected chi connectivity index (χ2v) is 7.76. The lowest BCUT2D eigenvalue weighted by Gasteiger charge is -2.29. The molecule has 3 N–H and O–H groups in total. The van der Waals surface area contributed by atoms with Gasteiger partial charge in [0, 0.05) is 37.2 Å². The van der Waals surface area contributed by atoms with Crippen molar-refractivity contribution in [1.82, 2.24) is 20.9 Å². The summed E-state index contributed by atoms with van der Waals surface area (Å²) in [6.07, 6.45) is 3.08. The third-order valence-electron chi connectivity index (χ3n) is 5.92. The first-order valence-electron chi connectivity index (χ1n) is 9.76. The van der Waals surface area contributed by atoms with Crippen LogP contribution < -0.4 is 16.0 Å². The summed E-state index contributed by atoms with van der Waals surface area (Å²) >= 11 is 0. The fourth-order valence-electron chi connectivity index (χ4n) is 4.27. The molecule has 1 unspecified atom stereocenters. The van der Waals surface area contributed by atoms with Crippen molar-refractivity contribution in [3.05, 3.63) is 34.9 Å². The van der Waals surface area contributed by atoms with Crippen LogP contribution in [0.15, 0.2) is 18.2 Å². The maximum Gasteiger partial charge on any atom is 0.255 e. The highest BCUT2D eigenvalue weighted by atomic mass is 16.2. The molecular formula is C20H26N4O3. The van der Waals surface area contributed by atoms with E-state index < -0.39 is 6.04 Å². The van der Waals surface area contributed by atoms with Gasteiger partial charge in [-0.05, 0) is 49.9 Å². The van der Waals surface area contributed by atoms with Gasteiger partial charge in [0.1, 0.15) is 6.04 Å². The Morgan fingerprint density at radius 1 is 1.26 bits per heavy atom. The molecule has 0 radical (unpaired) electrons. The highest BCUT2D eigenvalue weighted by Gasteiger charge is 2.39. The third-order valence-corrected chi connectivity index (χ3v) is 5.92. The Kier molecular flexibility index (Phi) is 4.97. The van der Waals surface area contributed by atoms with Gasteiger partial charge >= 0.3 is 0 Å². The van der Waals surface area contributed by atoms with Crippen molar-refractivity contribution in [3.8, 4) is 0 Å². The van der Waals surface area contributed by atoms with Crippen LogP contribution in [0.4, 0.5) is 0 Å². The number of nitrogens with one attached hydrogen (secondary N) is 3. The molecule has 2 saturated heterocycles. The molecule has 3 aliphatic heterocycles. The zero-order valence-corrected chi connectivity index (χ0v) is 15.6. The van der Waals surface area contributed by atoms with Crippen molar-refractivity contribution in [2.75, 3.05) is 6.54 Å². The molecule has 0 bridgehead atoms. The molecule has 1 aromatic rings. The van der Waals surface area contributed by atoms with Gasteiger partial charge in [-0.3, -0.25) is 19.7 Å². The van der Waals surface area contributed by atoms with Crippen LogP contribution in [0.2, 0.25) is 0 Å². The van der Waals surface area contributed by atoms with Crippen LogP contribution in [0.3, 0.4) is 0 Å². The molecule has 144 valence electrons. The average molecular weight is 370 g/mol. The molecule has 7 nitrogen and oxygen atoms in total. The van der Waals surface area contributed by atoms with E-state index >= 15 is 0 Å². The molecule has 0 saturated carbocycles. The van der Waals surface area contributed by atoms with E-state index in [2.05, 4.69) is 22.9 Å². The predicted octanol–water partition coefficient (Wildman–Crippen LogP) is 0.678. The van der Waals surface area contributed by atoms with Gasteiger partial charge in [-0.25, -0.2) is 0 Å². The van der Waals surface area contributed by atoms with Crippen molar-refractivity contribution in [2.45, 2.75) is 63.8 Å². The molecule has 27 heavy (non-hydrogen) atoms. The number of carbonyl (C=O) groups excluding carboxylic acids is 3. The Morgan fingerprint density at radius 3 is 2.85 bits per heavy atom. The van der Waals surface area contributed by atoms with Crippen LogP contribution in [0.5, 0.6) is 0 Å². The SMILES string of the molecule is C[C@H](NCc1ccc2c(c1)C(=O)N(C1CCC(=O)NC1=O)C2)[C@@H]1CCCN1. The van der Waals surface area contributed by atoms with Gasteiger partial charge in [0.15, 0.2) is 0 Å². The van der Waals surface area contributed by atoms with E-state index in [4.69, 9.17) is 0 Å². The molecule has 1 aromatic carbocycles. The summed E-state index contributed by atoms with van der Waals surface area (Å²) < 4.78 is 0. The topological polar surface area (TPSA) is 90.5 Å². The second-order valence-electron chi connectivity index (χ2n) is 7.76. The molecule has 3 amide bonds. The van der Waals surface area contributed by atoms with Gasteiger partial charge in [0.2, 0.25) is 11.8 Å². The second kappa shape index (κ2) is 7.40. The average Bonchev–Trinajstić information content (AvgIpc) is 3.29. The minimum Gasteiger partial charge on any atom is -0.322 e. The van der Waals surface area contributed by atoms with Crippen LogP contribution >= 0.6 is 0 Å². The van der Waals surface area contributed by atoms with Crippen LogP contribution in [0, 0.1) is 0 Å². The summed E-state index contributed by atoms with van der Waals surface area (Å²) in [6.45, 7) is 4.40. The van der Waals surface area contributed by atoms with E-state index in [-0.39, 0.29) is 24.1 Å². The minimum absolute atomic E-state index is 0.119. The number of carbonyl (C=O) groups is 3. The molecule has 7 heteroatoms. The standard InChI is InChI=1S/C20H26N4O3/c1-12(16-3-2-8-21-16)22-10-13-4-5-14-11-24(20(27)15(14)9-13)17-6-7-18(25)23-19(17)26/h4-5,9,12,16-17,21-22H,2-3,6-8,10-11H2,1H3,(H,23,25,26)/t12-,16-,17?/m0/s1. The smallest absolute Gasteiger partial charge is 0.255 e. The Balaban J connectivity index is 1.42. The molecular weight excluding hydrogens is 344 g/mol. The van der Waals surface area contributed by atoms with Gasteiger partial charge in [-0.1, -0.05) is 12.1 Å². The van der Waals surface area contributed by atoms with E-state index in [1.807, 2.05) is 18.2 Å². The van der Waals surface area contributed by atoms with Crippen molar-refractivity contribution in [2.24, 2.45) is 0 Å². The van der Waals surface area contributed by atoms with Crippen molar-refractivity contribution in [3.63, 3.8) is 0 Å². The summed E-state index contributed by atoms with van der Waals surface area (Å²) in [4.78, 5) is 37.9. The van der Waals surface area contributed by atoms with Crippen molar-refractivity contribution < 1.29 is 14.4 Å². The zero-order valence-electron chi connectivity index (χ0n) is 15.6.